The molecule has 0 unspecified atom stereocenters. The summed E-state index contributed by atoms with van der Waals surface area (Å²) >= 11 is 0. The molecule has 1 aliphatic heterocycles. The minimum absolute atomic E-state index is 0.214. The number of aromatic nitrogens is 1. The maximum absolute atomic E-state index is 13.1. The molecule has 0 amide bonds. The molecule has 0 N–H and O–H groups in total. The average Bonchev–Trinajstić information content (AvgIpc) is 3.32. The van der Waals surface area contributed by atoms with E-state index in [4.69, 9.17) is 14.2 Å². The highest BCUT2D eigenvalue weighted by molar-refractivity contribution is 6.15. The minimum atomic E-state index is -0.465. The highest BCUT2D eigenvalue weighted by Gasteiger charge is 2.31. The Morgan fingerprint density at radius 2 is 1.79 bits per heavy atom. The number of hydrogen-bond acceptors (Lipinski definition) is 5. The number of allylic oxidation sites excluding steroid dienone is 1. The zero-order chi connectivity index (χ0) is 24.0. The van der Waals surface area contributed by atoms with Crippen LogP contribution in [-0.4, -0.2) is 23.4 Å². The number of ketones is 1. The molecule has 6 heteroatoms. The van der Waals surface area contributed by atoms with Crippen molar-refractivity contribution in [3.8, 4) is 17.2 Å². The molecule has 2 heterocycles. The van der Waals surface area contributed by atoms with Gasteiger partial charge in [0.25, 0.3) is 0 Å². The summed E-state index contributed by atoms with van der Waals surface area (Å²) in [6, 6.07) is 16.2. The largest absolute Gasteiger partial charge is 0.497 e. The number of ether oxygens (including phenoxy) is 3. The Morgan fingerprint density at radius 3 is 2.53 bits per heavy atom. The zero-order valence-electron chi connectivity index (χ0n) is 19.3. The van der Waals surface area contributed by atoms with Crippen molar-refractivity contribution in [1.29, 1.82) is 0 Å². The molecule has 1 aliphatic rings. The molecule has 0 saturated carbocycles. The van der Waals surface area contributed by atoms with Gasteiger partial charge in [0.05, 0.1) is 18.2 Å². The van der Waals surface area contributed by atoms with Crippen molar-refractivity contribution in [2.75, 3.05) is 7.11 Å². The molecule has 170 valence electrons. The highest BCUT2D eigenvalue weighted by Crippen LogP contribution is 2.40. The van der Waals surface area contributed by atoms with Gasteiger partial charge in [-0.25, -0.2) is 4.79 Å². The topological polar surface area (TPSA) is 66.8 Å². The van der Waals surface area contributed by atoms with Gasteiger partial charge in [-0.2, -0.15) is 0 Å². The number of Topliss-reactive ketones (excluding diaryl/α,β-unsaturated/α-hetero) is 1. The first-order valence-electron chi connectivity index (χ1n) is 10.9. The lowest BCUT2D eigenvalue weighted by molar-refractivity contribution is 0.0733. The molecule has 0 atom stereocenters. The average molecular weight is 453 g/mol. The van der Waals surface area contributed by atoms with E-state index in [2.05, 4.69) is 0 Å². The van der Waals surface area contributed by atoms with Crippen molar-refractivity contribution >= 4 is 28.7 Å². The van der Waals surface area contributed by atoms with Crippen molar-refractivity contribution in [3.05, 3.63) is 94.4 Å². The van der Waals surface area contributed by atoms with Crippen molar-refractivity contribution in [2.24, 2.45) is 7.05 Å². The molecule has 0 bridgehead atoms. The number of aryl methyl sites for hydroxylation is 2. The summed E-state index contributed by atoms with van der Waals surface area (Å²) in [4.78, 5) is 25.6. The van der Waals surface area contributed by atoms with Crippen LogP contribution in [0.1, 0.15) is 37.4 Å². The number of methoxy groups -OCH3 is 1. The van der Waals surface area contributed by atoms with Gasteiger partial charge in [0.1, 0.15) is 17.2 Å². The Bertz CT molecular complexity index is 1490. The smallest absolute Gasteiger partial charge is 0.343 e. The summed E-state index contributed by atoms with van der Waals surface area (Å²) in [6.45, 7) is 3.73. The Morgan fingerprint density at radius 1 is 1.03 bits per heavy atom. The molecule has 1 aromatic heterocycles. The van der Waals surface area contributed by atoms with E-state index in [1.54, 1.807) is 44.4 Å². The highest BCUT2D eigenvalue weighted by atomic mass is 16.5. The second-order valence-corrected chi connectivity index (χ2v) is 8.34. The van der Waals surface area contributed by atoms with Gasteiger partial charge in [0, 0.05) is 35.3 Å². The summed E-state index contributed by atoms with van der Waals surface area (Å²) in [7, 11) is 3.57. The standard InChI is InChI=1S/C28H23NO5/c1-16-5-7-18(8-6-16)28(31)34-24-12-10-21-26(30)25(33-27(21)17(24)2)13-19-15-29(3)23-11-9-20(32-4)14-22(19)23/h5-15H,1-4H3. The van der Waals surface area contributed by atoms with Gasteiger partial charge >= 0.3 is 5.97 Å². The number of rotatable bonds is 4. The van der Waals surface area contributed by atoms with Gasteiger partial charge < -0.3 is 18.8 Å². The lowest BCUT2D eigenvalue weighted by atomic mass is 10.1. The van der Waals surface area contributed by atoms with Crippen LogP contribution in [0.15, 0.2) is 66.6 Å². The first-order chi connectivity index (χ1) is 16.4. The van der Waals surface area contributed by atoms with Crippen LogP contribution >= 0.6 is 0 Å². The van der Waals surface area contributed by atoms with Crippen LogP contribution in [0.5, 0.6) is 17.2 Å². The Labute approximate surface area is 197 Å². The van der Waals surface area contributed by atoms with Crippen molar-refractivity contribution < 1.29 is 23.8 Å². The number of benzene rings is 3. The monoisotopic (exact) mass is 453 g/mol. The van der Waals surface area contributed by atoms with Crippen LogP contribution in [0.3, 0.4) is 0 Å². The number of esters is 1. The van der Waals surface area contributed by atoms with E-state index in [1.165, 1.54) is 0 Å². The van der Waals surface area contributed by atoms with E-state index in [0.29, 0.717) is 28.2 Å². The molecule has 0 fully saturated rings. The van der Waals surface area contributed by atoms with Crippen LogP contribution in [0.2, 0.25) is 0 Å². The summed E-state index contributed by atoms with van der Waals surface area (Å²) in [5.41, 5.74) is 4.40. The third kappa shape index (κ3) is 3.63. The van der Waals surface area contributed by atoms with Gasteiger partial charge in [0.2, 0.25) is 5.78 Å². The van der Waals surface area contributed by atoms with Gasteiger partial charge in [-0.15, -0.1) is 0 Å². The second kappa shape index (κ2) is 8.23. The predicted molar refractivity (Wildman–Crippen MR) is 130 cm³/mol. The van der Waals surface area contributed by atoms with E-state index >= 15 is 0 Å². The maximum Gasteiger partial charge on any atom is 0.343 e. The first-order valence-corrected chi connectivity index (χ1v) is 10.9. The number of hydrogen-bond donors (Lipinski definition) is 0. The quantitative estimate of drug-likeness (QED) is 0.227. The number of fused-ring (bicyclic) bond motifs is 2. The first kappa shape index (κ1) is 21.5. The molecule has 6 nitrogen and oxygen atoms in total. The zero-order valence-corrected chi connectivity index (χ0v) is 19.3. The van der Waals surface area contributed by atoms with E-state index in [1.807, 2.05) is 55.1 Å². The van der Waals surface area contributed by atoms with E-state index in [-0.39, 0.29) is 11.5 Å². The van der Waals surface area contributed by atoms with Gasteiger partial charge in [0.15, 0.2) is 5.76 Å². The third-order valence-corrected chi connectivity index (χ3v) is 6.04. The molecule has 34 heavy (non-hydrogen) atoms. The number of carbonyl (C=O) groups excluding carboxylic acids is 2. The van der Waals surface area contributed by atoms with E-state index in [0.717, 1.165) is 27.8 Å². The van der Waals surface area contributed by atoms with Gasteiger partial charge in [-0.05, 0) is 62.4 Å². The lowest BCUT2D eigenvalue weighted by Gasteiger charge is -2.10. The molecule has 0 saturated heterocycles. The Hall–Kier alpha value is -4.32. The van der Waals surface area contributed by atoms with Gasteiger partial charge in [-0.1, -0.05) is 17.7 Å². The summed E-state index contributed by atoms with van der Waals surface area (Å²) < 4.78 is 18.9. The molecule has 3 aromatic carbocycles. The lowest BCUT2D eigenvalue weighted by Crippen LogP contribution is -2.09. The van der Waals surface area contributed by atoms with Crippen LogP contribution in [0.4, 0.5) is 0 Å². The predicted octanol–water partition coefficient (Wildman–Crippen LogP) is 5.64. The number of carbonyl (C=O) groups is 2. The molecule has 0 radical (unpaired) electrons. The minimum Gasteiger partial charge on any atom is -0.497 e. The van der Waals surface area contributed by atoms with Crippen LogP contribution in [0.25, 0.3) is 17.0 Å². The normalized spacial score (nSPS) is 13.8. The summed E-state index contributed by atoms with van der Waals surface area (Å²) in [5, 5.41) is 0.950. The second-order valence-electron chi connectivity index (χ2n) is 8.34. The van der Waals surface area contributed by atoms with Crippen molar-refractivity contribution in [2.45, 2.75) is 13.8 Å². The van der Waals surface area contributed by atoms with Crippen LogP contribution in [-0.2, 0) is 7.05 Å². The van der Waals surface area contributed by atoms with Crippen LogP contribution < -0.4 is 14.2 Å². The van der Waals surface area contributed by atoms with Crippen molar-refractivity contribution in [1.82, 2.24) is 4.57 Å². The third-order valence-electron chi connectivity index (χ3n) is 6.04. The molecule has 0 spiro atoms. The Balaban J connectivity index is 1.46. The SMILES string of the molecule is COc1ccc2c(c1)c(C=C1Oc3c(ccc(OC(=O)c4ccc(C)cc4)c3C)C1=O)cn2C. The maximum atomic E-state index is 13.1. The van der Waals surface area contributed by atoms with Gasteiger partial charge in [-0.3, -0.25) is 4.79 Å². The molecular weight excluding hydrogens is 430 g/mol. The molecule has 5 rings (SSSR count). The fourth-order valence-corrected chi connectivity index (χ4v) is 4.11. The summed E-state index contributed by atoms with van der Waals surface area (Å²) in [6.07, 6.45) is 3.68. The fourth-order valence-electron chi connectivity index (χ4n) is 4.11. The molecule has 0 aliphatic carbocycles. The molecule has 4 aromatic rings. The fraction of sp³-hybridized carbons (Fsp3) is 0.143. The van der Waals surface area contributed by atoms with E-state index < -0.39 is 5.97 Å². The van der Waals surface area contributed by atoms with Crippen molar-refractivity contribution in [3.63, 3.8) is 0 Å². The molecular formula is C28H23NO5. The number of nitrogens with zero attached hydrogens (tertiary/aromatic N) is 1. The summed E-state index contributed by atoms with van der Waals surface area (Å²) in [5.74, 6) is 1.03. The van der Waals surface area contributed by atoms with E-state index in [9.17, 15) is 9.59 Å². The Kier molecular flexibility index (Phi) is 5.21. The van der Waals surface area contributed by atoms with Crippen LogP contribution in [0, 0.1) is 13.8 Å².